The number of likely N-dealkylation sites (tertiary alicyclic amines) is 1. The van der Waals surface area contributed by atoms with E-state index in [0.29, 0.717) is 18.2 Å². The molecule has 2 unspecified atom stereocenters. The van der Waals surface area contributed by atoms with Gasteiger partial charge in [0.1, 0.15) is 0 Å². The number of nitrogens with one attached hydrogen (secondary N) is 1. The Kier molecular flexibility index (Phi) is 5.11. The number of hydrogen-bond acceptors (Lipinski definition) is 3. The van der Waals surface area contributed by atoms with Gasteiger partial charge >= 0.3 is 6.03 Å². The number of rotatable bonds is 3. The molecule has 1 aliphatic rings. The third-order valence-electron chi connectivity index (χ3n) is 4.66. The summed E-state index contributed by atoms with van der Waals surface area (Å²) < 4.78 is 0. The van der Waals surface area contributed by atoms with Gasteiger partial charge in [-0.3, -0.25) is 4.98 Å². The first kappa shape index (κ1) is 16.5. The minimum atomic E-state index is -0.175. The van der Waals surface area contributed by atoms with Crippen molar-refractivity contribution in [3.8, 4) is 11.3 Å². The number of aliphatic hydroxyl groups is 1. The van der Waals surface area contributed by atoms with E-state index in [1.54, 1.807) is 11.1 Å². The van der Waals surface area contributed by atoms with Gasteiger partial charge in [-0.25, -0.2) is 4.79 Å². The van der Waals surface area contributed by atoms with Crippen LogP contribution >= 0.6 is 0 Å². The molecule has 2 heterocycles. The van der Waals surface area contributed by atoms with Gasteiger partial charge in [0, 0.05) is 18.3 Å². The van der Waals surface area contributed by atoms with Crippen LogP contribution in [0.15, 0.2) is 48.7 Å². The van der Waals surface area contributed by atoms with E-state index in [0.717, 1.165) is 24.1 Å². The van der Waals surface area contributed by atoms with E-state index in [1.165, 1.54) is 0 Å². The van der Waals surface area contributed by atoms with Gasteiger partial charge < -0.3 is 15.3 Å². The van der Waals surface area contributed by atoms with Crippen molar-refractivity contribution in [3.63, 3.8) is 0 Å². The molecule has 1 aliphatic heterocycles. The number of pyridine rings is 1. The molecule has 5 nitrogen and oxygen atoms in total. The Morgan fingerprint density at radius 1 is 1.29 bits per heavy atom. The van der Waals surface area contributed by atoms with Crippen molar-refractivity contribution in [3.05, 3.63) is 48.7 Å². The van der Waals surface area contributed by atoms with E-state index in [1.807, 2.05) is 42.5 Å². The van der Waals surface area contributed by atoms with Crippen LogP contribution in [0.3, 0.4) is 0 Å². The lowest BCUT2D eigenvalue weighted by atomic mass is 9.91. The van der Waals surface area contributed by atoms with Crippen LogP contribution in [0.25, 0.3) is 11.3 Å². The molecule has 1 fully saturated rings. The van der Waals surface area contributed by atoms with E-state index in [4.69, 9.17) is 0 Å². The number of nitrogens with zero attached hydrogens (tertiary/aromatic N) is 2. The lowest BCUT2D eigenvalue weighted by molar-refractivity contribution is 0.0811. The molecular weight excluding hydrogens is 302 g/mol. The van der Waals surface area contributed by atoms with Gasteiger partial charge in [0.2, 0.25) is 0 Å². The van der Waals surface area contributed by atoms with Crippen molar-refractivity contribution in [1.82, 2.24) is 9.88 Å². The SMILES string of the molecule is CC1CCCN(C(=O)Nc2cccnc2-c2ccccc2)C1CO. The second-order valence-corrected chi connectivity index (χ2v) is 6.26. The molecular formula is C19H23N3O2. The van der Waals surface area contributed by atoms with Gasteiger partial charge in [0.15, 0.2) is 0 Å². The van der Waals surface area contributed by atoms with Gasteiger partial charge in [0.05, 0.1) is 24.0 Å². The zero-order valence-electron chi connectivity index (χ0n) is 13.9. The fraction of sp³-hybridized carbons (Fsp3) is 0.368. The zero-order chi connectivity index (χ0) is 16.9. The molecule has 2 amide bonds. The Balaban J connectivity index is 1.82. The molecule has 5 heteroatoms. The largest absolute Gasteiger partial charge is 0.394 e. The van der Waals surface area contributed by atoms with Gasteiger partial charge in [-0.2, -0.15) is 0 Å². The summed E-state index contributed by atoms with van der Waals surface area (Å²) >= 11 is 0. The van der Waals surface area contributed by atoms with Crippen LogP contribution in [-0.2, 0) is 0 Å². The summed E-state index contributed by atoms with van der Waals surface area (Å²) in [7, 11) is 0. The molecule has 2 aromatic rings. The molecule has 0 aliphatic carbocycles. The molecule has 0 saturated carbocycles. The molecule has 126 valence electrons. The number of piperidine rings is 1. The number of carbonyl (C=O) groups excluding carboxylic acids is 1. The normalized spacial score (nSPS) is 20.7. The third-order valence-corrected chi connectivity index (χ3v) is 4.66. The fourth-order valence-corrected chi connectivity index (χ4v) is 3.30. The number of amides is 2. The maximum absolute atomic E-state index is 12.7. The van der Waals surface area contributed by atoms with Crippen molar-refractivity contribution in [2.75, 3.05) is 18.5 Å². The topological polar surface area (TPSA) is 65.5 Å². The maximum Gasteiger partial charge on any atom is 0.322 e. The van der Waals surface area contributed by atoms with Gasteiger partial charge in [-0.1, -0.05) is 37.3 Å². The Bertz CT molecular complexity index is 690. The quantitative estimate of drug-likeness (QED) is 0.909. The highest BCUT2D eigenvalue weighted by atomic mass is 16.3. The summed E-state index contributed by atoms with van der Waals surface area (Å²) in [5.41, 5.74) is 2.39. The Labute approximate surface area is 142 Å². The van der Waals surface area contributed by atoms with Crippen molar-refractivity contribution < 1.29 is 9.90 Å². The van der Waals surface area contributed by atoms with E-state index < -0.39 is 0 Å². The van der Waals surface area contributed by atoms with Crippen LogP contribution in [0, 0.1) is 5.92 Å². The number of hydrogen-bond donors (Lipinski definition) is 2. The number of aromatic nitrogens is 1. The second kappa shape index (κ2) is 7.45. The summed E-state index contributed by atoms with van der Waals surface area (Å²) in [6.07, 6.45) is 3.72. The average molecular weight is 325 g/mol. The number of aliphatic hydroxyl groups excluding tert-OH is 1. The van der Waals surface area contributed by atoms with E-state index in [-0.39, 0.29) is 18.7 Å². The first-order valence-electron chi connectivity index (χ1n) is 8.39. The van der Waals surface area contributed by atoms with E-state index in [2.05, 4.69) is 17.2 Å². The van der Waals surface area contributed by atoms with Crippen LogP contribution in [0.1, 0.15) is 19.8 Å². The molecule has 1 aromatic heterocycles. The summed E-state index contributed by atoms with van der Waals surface area (Å²) in [6.45, 7) is 2.75. The third kappa shape index (κ3) is 3.41. The van der Waals surface area contributed by atoms with E-state index in [9.17, 15) is 9.90 Å². The molecule has 24 heavy (non-hydrogen) atoms. The van der Waals surface area contributed by atoms with Crippen molar-refractivity contribution >= 4 is 11.7 Å². The summed E-state index contributed by atoms with van der Waals surface area (Å²) in [5, 5.41) is 12.6. The van der Waals surface area contributed by atoms with Gasteiger partial charge in [0.25, 0.3) is 0 Å². The minimum absolute atomic E-state index is 0.00678. The number of carbonyl (C=O) groups is 1. The Morgan fingerprint density at radius 3 is 2.83 bits per heavy atom. The molecule has 0 spiro atoms. The first-order chi connectivity index (χ1) is 11.7. The number of urea groups is 1. The van der Waals surface area contributed by atoms with Gasteiger partial charge in [-0.15, -0.1) is 0 Å². The predicted molar refractivity (Wildman–Crippen MR) is 94.7 cm³/mol. The molecule has 2 atom stereocenters. The smallest absolute Gasteiger partial charge is 0.322 e. The van der Waals surface area contributed by atoms with Crippen LogP contribution < -0.4 is 5.32 Å². The zero-order valence-corrected chi connectivity index (χ0v) is 13.9. The van der Waals surface area contributed by atoms with Crippen LogP contribution in [0.4, 0.5) is 10.5 Å². The molecule has 1 aromatic carbocycles. The summed E-state index contributed by atoms with van der Waals surface area (Å²) in [6, 6.07) is 13.1. The summed E-state index contributed by atoms with van der Waals surface area (Å²) in [5.74, 6) is 0.303. The van der Waals surface area contributed by atoms with Crippen LogP contribution in [-0.4, -0.2) is 40.2 Å². The lowest BCUT2D eigenvalue weighted by Gasteiger charge is -2.38. The molecule has 0 radical (unpaired) electrons. The molecule has 3 rings (SSSR count). The highest BCUT2D eigenvalue weighted by Crippen LogP contribution is 2.27. The van der Waals surface area contributed by atoms with Crippen molar-refractivity contribution in [2.45, 2.75) is 25.8 Å². The predicted octanol–water partition coefficient (Wildman–Crippen LogP) is 3.37. The molecule has 1 saturated heterocycles. The second-order valence-electron chi connectivity index (χ2n) is 6.26. The van der Waals surface area contributed by atoms with Crippen LogP contribution in [0.2, 0.25) is 0 Å². The first-order valence-corrected chi connectivity index (χ1v) is 8.39. The average Bonchev–Trinajstić information content (AvgIpc) is 2.62. The lowest BCUT2D eigenvalue weighted by Crippen LogP contribution is -2.51. The number of anilines is 1. The molecule has 0 bridgehead atoms. The highest BCUT2D eigenvalue weighted by Gasteiger charge is 2.31. The standard InChI is InChI=1S/C19H23N3O2/c1-14-7-6-12-22(17(14)13-23)19(24)21-16-10-5-11-20-18(16)15-8-3-2-4-9-15/h2-5,8-11,14,17,23H,6-7,12-13H2,1H3,(H,21,24). The monoisotopic (exact) mass is 325 g/mol. The Morgan fingerprint density at radius 2 is 2.08 bits per heavy atom. The number of benzene rings is 1. The fourth-order valence-electron chi connectivity index (χ4n) is 3.30. The molecule has 2 N–H and O–H groups in total. The minimum Gasteiger partial charge on any atom is -0.394 e. The van der Waals surface area contributed by atoms with Crippen molar-refractivity contribution in [2.24, 2.45) is 5.92 Å². The van der Waals surface area contributed by atoms with Crippen LogP contribution in [0.5, 0.6) is 0 Å². The Hall–Kier alpha value is -2.40. The maximum atomic E-state index is 12.7. The summed E-state index contributed by atoms with van der Waals surface area (Å²) in [4.78, 5) is 18.9. The highest BCUT2D eigenvalue weighted by molar-refractivity contribution is 5.93. The van der Waals surface area contributed by atoms with E-state index >= 15 is 0 Å². The van der Waals surface area contributed by atoms with Crippen molar-refractivity contribution in [1.29, 1.82) is 0 Å². The van der Waals surface area contributed by atoms with Gasteiger partial charge in [-0.05, 0) is 30.9 Å².